The summed E-state index contributed by atoms with van der Waals surface area (Å²) in [7, 11) is -3.53. The minimum absolute atomic E-state index is 0.0938. The molecular formula is C20H22ClFN2O4S. The molecule has 156 valence electrons. The minimum Gasteiger partial charge on any atom is -0.484 e. The normalized spacial score (nSPS) is 15.8. The second kappa shape index (κ2) is 9.11. The zero-order valence-corrected chi connectivity index (χ0v) is 17.5. The van der Waals surface area contributed by atoms with Crippen molar-refractivity contribution in [2.24, 2.45) is 5.92 Å². The van der Waals surface area contributed by atoms with E-state index in [0.717, 1.165) is 18.9 Å². The van der Waals surface area contributed by atoms with Gasteiger partial charge >= 0.3 is 0 Å². The summed E-state index contributed by atoms with van der Waals surface area (Å²) in [6, 6.07) is 9.82. The fourth-order valence-corrected chi connectivity index (χ4v) is 4.65. The number of benzene rings is 2. The van der Waals surface area contributed by atoms with Gasteiger partial charge in [-0.2, -0.15) is 4.31 Å². The number of carbonyl (C=O) groups excluding carboxylic acids is 1. The summed E-state index contributed by atoms with van der Waals surface area (Å²) in [6.07, 6.45) is 1.71. The van der Waals surface area contributed by atoms with Crippen LogP contribution >= 0.6 is 11.6 Å². The fourth-order valence-electron chi connectivity index (χ4n) is 3.00. The Bertz CT molecular complexity index is 974. The van der Waals surface area contributed by atoms with Gasteiger partial charge in [-0.05, 0) is 61.2 Å². The van der Waals surface area contributed by atoms with Gasteiger partial charge < -0.3 is 10.1 Å². The van der Waals surface area contributed by atoms with E-state index < -0.39 is 21.7 Å². The van der Waals surface area contributed by atoms with Gasteiger partial charge in [-0.15, -0.1) is 0 Å². The zero-order chi connectivity index (χ0) is 21.0. The standard InChI is InChI=1S/C20H22ClFN2O4S/c1-14-8-10-24(11-9-14)29(26,27)17-5-3-16(4-6-17)28-13-20(25)23-15-2-7-19(22)18(21)12-15/h2-7,12,14H,8-11,13H2,1H3,(H,23,25). The van der Waals surface area contributed by atoms with Crippen LogP contribution in [0, 0.1) is 11.7 Å². The molecule has 1 heterocycles. The first-order valence-electron chi connectivity index (χ1n) is 9.23. The number of carbonyl (C=O) groups is 1. The Labute approximate surface area is 174 Å². The van der Waals surface area contributed by atoms with E-state index in [1.54, 1.807) is 0 Å². The molecule has 1 fully saturated rings. The summed E-state index contributed by atoms with van der Waals surface area (Å²) in [5, 5.41) is 2.45. The maximum atomic E-state index is 13.1. The van der Waals surface area contributed by atoms with Crippen LogP contribution in [0.5, 0.6) is 5.75 Å². The molecule has 9 heteroatoms. The number of ether oxygens (including phenoxy) is 1. The molecule has 1 aliphatic rings. The highest BCUT2D eigenvalue weighted by Gasteiger charge is 2.27. The molecule has 1 N–H and O–H groups in total. The first-order valence-corrected chi connectivity index (χ1v) is 11.1. The van der Waals surface area contributed by atoms with Crippen molar-refractivity contribution < 1.29 is 22.3 Å². The number of halogens is 2. The molecule has 0 unspecified atom stereocenters. The molecule has 0 radical (unpaired) electrons. The van der Waals surface area contributed by atoms with Gasteiger partial charge in [-0.3, -0.25) is 4.79 Å². The Morgan fingerprint density at radius 2 is 1.86 bits per heavy atom. The van der Waals surface area contributed by atoms with Gasteiger partial charge in [0.15, 0.2) is 6.61 Å². The van der Waals surface area contributed by atoms with E-state index in [2.05, 4.69) is 12.2 Å². The van der Waals surface area contributed by atoms with Crippen LogP contribution in [-0.4, -0.2) is 38.3 Å². The third-order valence-electron chi connectivity index (χ3n) is 4.78. The van der Waals surface area contributed by atoms with Crippen molar-refractivity contribution >= 4 is 33.2 Å². The van der Waals surface area contributed by atoms with Gasteiger partial charge in [0.1, 0.15) is 11.6 Å². The van der Waals surface area contributed by atoms with Crippen LogP contribution in [0.25, 0.3) is 0 Å². The van der Waals surface area contributed by atoms with Gasteiger partial charge in [-0.25, -0.2) is 12.8 Å². The van der Waals surface area contributed by atoms with E-state index in [9.17, 15) is 17.6 Å². The quantitative estimate of drug-likeness (QED) is 0.738. The zero-order valence-electron chi connectivity index (χ0n) is 15.9. The predicted molar refractivity (Wildman–Crippen MR) is 109 cm³/mol. The predicted octanol–water partition coefficient (Wildman–Crippen LogP) is 3.92. The molecule has 1 amide bonds. The van der Waals surface area contributed by atoms with Gasteiger partial charge in [0.25, 0.3) is 5.91 Å². The third-order valence-corrected chi connectivity index (χ3v) is 6.98. The number of hydrogen-bond acceptors (Lipinski definition) is 4. The third kappa shape index (κ3) is 5.46. The van der Waals surface area contributed by atoms with Gasteiger partial charge in [0.05, 0.1) is 9.92 Å². The van der Waals surface area contributed by atoms with E-state index in [4.69, 9.17) is 16.3 Å². The monoisotopic (exact) mass is 440 g/mol. The number of piperidine rings is 1. The van der Waals surface area contributed by atoms with E-state index in [-0.39, 0.29) is 16.5 Å². The number of amides is 1. The topological polar surface area (TPSA) is 75.7 Å². The number of anilines is 1. The van der Waals surface area contributed by atoms with Crippen molar-refractivity contribution in [2.75, 3.05) is 25.0 Å². The van der Waals surface area contributed by atoms with Crippen LogP contribution in [0.2, 0.25) is 5.02 Å². The van der Waals surface area contributed by atoms with Crippen molar-refractivity contribution in [1.82, 2.24) is 4.31 Å². The average Bonchev–Trinajstić information content (AvgIpc) is 2.70. The largest absolute Gasteiger partial charge is 0.484 e. The summed E-state index contributed by atoms with van der Waals surface area (Å²) in [6.45, 7) is 2.88. The SMILES string of the molecule is CC1CCN(S(=O)(=O)c2ccc(OCC(=O)Nc3ccc(F)c(Cl)c3)cc2)CC1. The Hall–Kier alpha value is -2.16. The second-order valence-corrected chi connectivity index (χ2v) is 9.37. The lowest BCUT2D eigenvalue weighted by atomic mass is 10.0. The van der Waals surface area contributed by atoms with E-state index in [0.29, 0.717) is 30.4 Å². The summed E-state index contributed by atoms with van der Waals surface area (Å²) in [5.74, 6) is -0.125. The van der Waals surface area contributed by atoms with Crippen molar-refractivity contribution in [1.29, 1.82) is 0 Å². The number of nitrogens with one attached hydrogen (secondary N) is 1. The number of nitrogens with zero attached hydrogens (tertiary/aromatic N) is 1. The Balaban J connectivity index is 1.56. The summed E-state index contributed by atoms with van der Waals surface area (Å²) >= 11 is 5.67. The Morgan fingerprint density at radius 3 is 2.48 bits per heavy atom. The number of hydrogen-bond donors (Lipinski definition) is 1. The Kier molecular flexibility index (Phi) is 6.77. The van der Waals surface area contributed by atoms with Crippen molar-refractivity contribution in [3.05, 3.63) is 53.3 Å². The van der Waals surface area contributed by atoms with Crippen LogP contribution in [0.3, 0.4) is 0 Å². The first kappa shape index (κ1) is 21.5. The van der Waals surface area contributed by atoms with Crippen LogP contribution in [0.4, 0.5) is 10.1 Å². The average molecular weight is 441 g/mol. The molecule has 0 aromatic heterocycles. The molecule has 3 rings (SSSR count). The molecule has 1 saturated heterocycles. The van der Waals surface area contributed by atoms with Crippen molar-refractivity contribution in [2.45, 2.75) is 24.7 Å². The van der Waals surface area contributed by atoms with Crippen LogP contribution in [-0.2, 0) is 14.8 Å². The van der Waals surface area contributed by atoms with Crippen molar-refractivity contribution in [3.63, 3.8) is 0 Å². The highest BCUT2D eigenvalue weighted by atomic mass is 35.5. The van der Waals surface area contributed by atoms with Crippen LogP contribution in [0.1, 0.15) is 19.8 Å². The van der Waals surface area contributed by atoms with E-state index >= 15 is 0 Å². The first-order chi connectivity index (χ1) is 13.8. The highest BCUT2D eigenvalue weighted by molar-refractivity contribution is 7.89. The van der Waals surface area contributed by atoms with Crippen molar-refractivity contribution in [3.8, 4) is 5.75 Å². The molecule has 0 spiro atoms. The number of rotatable bonds is 6. The Morgan fingerprint density at radius 1 is 1.21 bits per heavy atom. The molecule has 2 aromatic carbocycles. The van der Waals surface area contributed by atoms with Gasteiger partial charge in [0.2, 0.25) is 10.0 Å². The fraction of sp³-hybridized carbons (Fsp3) is 0.350. The molecule has 0 saturated carbocycles. The smallest absolute Gasteiger partial charge is 0.262 e. The molecular weight excluding hydrogens is 419 g/mol. The molecule has 0 atom stereocenters. The molecule has 0 aliphatic carbocycles. The lowest BCUT2D eigenvalue weighted by Gasteiger charge is -2.29. The minimum atomic E-state index is -3.53. The maximum absolute atomic E-state index is 13.1. The molecule has 1 aliphatic heterocycles. The molecule has 0 bridgehead atoms. The molecule has 29 heavy (non-hydrogen) atoms. The summed E-state index contributed by atoms with van der Waals surface area (Å²) < 4.78 is 45.5. The lowest BCUT2D eigenvalue weighted by molar-refractivity contribution is -0.118. The van der Waals surface area contributed by atoms with E-state index in [1.807, 2.05) is 0 Å². The molecule has 2 aromatic rings. The lowest BCUT2D eigenvalue weighted by Crippen LogP contribution is -2.37. The van der Waals surface area contributed by atoms with Crippen LogP contribution in [0.15, 0.2) is 47.4 Å². The van der Waals surface area contributed by atoms with Crippen LogP contribution < -0.4 is 10.1 Å². The second-order valence-electron chi connectivity index (χ2n) is 7.02. The number of sulfonamides is 1. The van der Waals surface area contributed by atoms with Gasteiger partial charge in [0, 0.05) is 18.8 Å². The highest BCUT2D eigenvalue weighted by Crippen LogP contribution is 2.25. The van der Waals surface area contributed by atoms with Gasteiger partial charge in [-0.1, -0.05) is 18.5 Å². The maximum Gasteiger partial charge on any atom is 0.262 e. The van der Waals surface area contributed by atoms with E-state index in [1.165, 1.54) is 40.7 Å². The summed E-state index contributed by atoms with van der Waals surface area (Å²) in [4.78, 5) is 12.2. The summed E-state index contributed by atoms with van der Waals surface area (Å²) in [5.41, 5.74) is 0.349. The molecule has 6 nitrogen and oxygen atoms in total.